The third-order valence-electron chi connectivity index (χ3n) is 4.25. The number of thioether (sulfide) groups is 1. The monoisotopic (exact) mass is 242 g/mol. The summed E-state index contributed by atoms with van der Waals surface area (Å²) in [7, 11) is 2.31. The van der Waals surface area contributed by atoms with Gasteiger partial charge in [-0.05, 0) is 58.4 Å². The third-order valence-corrected chi connectivity index (χ3v) is 5.07. The Kier molecular flexibility index (Phi) is 4.57. The lowest BCUT2D eigenvalue weighted by Crippen LogP contribution is -2.52. The van der Waals surface area contributed by atoms with Crippen LogP contribution in [0.5, 0.6) is 0 Å². The predicted octanol–water partition coefficient (Wildman–Crippen LogP) is 2.20. The van der Waals surface area contributed by atoms with Crippen LogP contribution < -0.4 is 5.32 Å². The Morgan fingerprint density at radius 1 is 1.31 bits per heavy atom. The zero-order valence-electron chi connectivity index (χ0n) is 10.9. The van der Waals surface area contributed by atoms with E-state index in [1.807, 2.05) is 11.8 Å². The predicted molar refractivity (Wildman–Crippen MR) is 73.1 cm³/mol. The second-order valence-electron chi connectivity index (χ2n) is 5.56. The standard InChI is InChI=1S/C13H26N2S/c1-10(9-16-3)15(2)13-7-4-11(13)8-14-12-5-6-12/h10-14H,4-9H2,1-3H3. The Bertz CT molecular complexity index is 218. The van der Waals surface area contributed by atoms with Gasteiger partial charge in [0.05, 0.1) is 0 Å². The molecule has 3 atom stereocenters. The molecule has 0 aromatic rings. The van der Waals surface area contributed by atoms with Crippen LogP contribution in [0.15, 0.2) is 0 Å². The second kappa shape index (κ2) is 5.74. The number of hydrogen-bond acceptors (Lipinski definition) is 3. The molecule has 94 valence electrons. The molecule has 2 fully saturated rings. The van der Waals surface area contributed by atoms with Crippen molar-refractivity contribution in [2.75, 3.05) is 25.6 Å². The molecule has 0 spiro atoms. The van der Waals surface area contributed by atoms with Gasteiger partial charge in [0.25, 0.3) is 0 Å². The van der Waals surface area contributed by atoms with Crippen molar-refractivity contribution in [3.63, 3.8) is 0 Å². The van der Waals surface area contributed by atoms with Gasteiger partial charge in [-0.2, -0.15) is 11.8 Å². The van der Waals surface area contributed by atoms with Gasteiger partial charge in [-0.3, -0.25) is 4.90 Å². The van der Waals surface area contributed by atoms with Crippen molar-refractivity contribution in [3.05, 3.63) is 0 Å². The quantitative estimate of drug-likeness (QED) is 0.737. The highest BCUT2D eigenvalue weighted by Gasteiger charge is 2.36. The van der Waals surface area contributed by atoms with E-state index in [2.05, 4.69) is 30.4 Å². The van der Waals surface area contributed by atoms with E-state index in [-0.39, 0.29) is 0 Å². The molecule has 2 aliphatic carbocycles. The van der Waals surface area contributed by atoms with Gasteiger partial charge in [-0.15, -0.1) is 0 Å². The lowest BCUT2D eigenvalue weighted by Gasteiger charge is -2.45. The second-order valence-corrected chi connectivity index (χ2v) is 6.47. The number of hydrogen-bond donors (Lipinski definition) is 1. The van der Waals surface area contributed by atoms with E-state index in [4.69, 9.17) is 0 Å². The summed E-state index contributed by atoms with van der Waals surface area (Å²) in [6.45, 7) is 3.62. The minimum Gasteiger partial charge on any atom is -0.314 e. The fraction of sp³-hybridized carbons (Fsp3) is 1.00. The lowest BCUT2D eigenvalue weighted by molar-refractivity contribution is 0.0621. The molecule has 16 heavy (non-hydrogen) atoms. The normalized spacial score (nSPS) is 31.5. The maximum Gasteiger partial charge on any atom is 0.0157 e. The molecule has 2 aliphatic rings. The summed E-state index contributed by atoms with van der Waals surface area (Å²) in [5.74, 6) is 2.17. The molecular formula is C13H26N2S. The van der Waals surface area contributed by atoms with Gasteiger partial charge < -0.3 is 5.32 Å². The van der Waals surface area contributed by atoms with E-state index in [0.29, 0.717) is 0 Å². The topological polar surface area (TPSA) is 15.3 Å². The van der Waals surface area contributed by atoms with Gasteiger partial charge in [0.1, 0.15) is 0 Å². The van der Waals surface area contributed by atoms with Gasteiger partial charge in [0.2, 0.25) is 0 Å². The fourth-order valence-corrected chi connectivity index (χ4v) is 3.33. The summed E-state index contributed by atoms with van der Waals surface area (Å²) in [5.41, 5.74) is 0. The van der Waals surface area contributed by atoms with Crippen LogP contribution in [0.3, 0.4) is 0 Å². The largest absolute Gasteiger partial charge is 0.314 e. The summed E-state index contributed by atoms with van der Waals surface area (Å²) in [6.07, 6.45) is 7.87. The van der Waals surface area contributed by atoms with Gasteiger partial charge >= 0.3 is 0 Å². The molecule has 2 saturated carbocycles. The molecule has 2 nitrogen and oxygen atoms in total. The molecule has 0 aromatic carbocycles. The Morgan fingerprint density at radius 2 is 2.06 bits per heavy atom. The first kappa shape index (κ1) is 12.7. The van der Waals surface area contributed by atoms with Crippen LogP contribution in [0.2, 0.25) is 0 Å². The number of rotatable bonds is 7. The molecule has 3 heteroatoms. The summed E-state index contributed by atoms with van der Waals surface area (Å²) < 4.78 is 0. The highest BCUT2D eigenvalue weighted by molar-refractivity contribution is 7.98. The first-order chi connectivity index (χ1) is 7.72. The van der Waals surface area contributed by atoms with E-state index in [1.165, 1.54) is 38.0 Å². The van der Waals surface area contributed by atoms with Crippen molar-refractivity contribution < 1.29 is 0 Å². The molecule has 0 heterocycles. The first-order valence-corrected chi connectivity index (χ1v) is 8.06. The lowest BCUT2D eigenvalue weighted by atomic mass is 9.78. The maximum absolute atomic E-state index is 3.68. The van der Waals surface area contributed by atoms with Gasteiger partial charge in [-0.1, -0.05) is 0 Å². The maximum atomic E-state index is 3.68. The fourth-order valence-electron chi connectivity index (χ4n) is 2.62. The minimum atomic E-state index is 0.726. The van der Waals surface area contributed by atoms with Gasteiger partial charge in [0, 0.05) is 23.9 Å². The van der Waals surface area contributed by atoms with Crippen molar-refractivity contribution in [2.45, 2.75) is 50.7 Å². The Morgan fingerprint density at radius 3 is 2.56 bits per heavy atom. The number of nitrogens with one attached hydrogen (secondary N) is 1. The summed E-state index contributed by atoms with van der Waals surface area (Å²) in [4.78, 5) is 2.61. The van der Waals surface area contributed by atoms with E-state index in [0.717, 1.165) is 24.0 Å². The van der Waals surface area contributed by atoms with Crippen molar-refractivity contribution in [1.82, 2.24) is 10.2 Å². The summed E-state index contributed by atoms with van der Waals surface area (Å²) in [5, 5.41) is 3.68. The van der Waals surface area contributed by atoms with E-state index < -0.39 is 0 Å². The molecule has 0 saturated heterocycles. The van der Waals surface area contributed by atoms with E-state index in [1.54, 1.807) is 0 Å². The van der Waals surface area contributed by atoms with E-state index >= 15 is 0 Å². The average Bonchev–Trinajstić information content (AvgIpc) is 3.00. The Labute approximate surface area is 105 Å². The Balaban J connectivity index is 1.70. The van der Waals surface area contributed by atoms with Crippen molar-refractivity contribution in [2.24, 2.45) is 5.92 Å². The molecular weight excluding hydrogens is 216 g/mol. The zero-order valence-corrected chi connectivity index (χ0v) is 11.7. The summed E-state index contributed by atoms with van der Waals surface area (Å²) in [6, 6.07) is 2.44. The smallest absolute Gasteiger partial charge is 0.0157 e. The van der Waals surface area contributed by atoms with Gasteiger partial charge in [0.15, 0.2) is 0 Å². The molecule has 0 amide bonds. The zero-order chi connectivity index (χ0) is 11.5. The molecule has 0 aromatic heterocycles. The molecule has 3 unspecified atom stereocenters. The molecule has 0 bridgehead atoms. The molecule has 0 aliphatic heterocycles. The van der Waals surface area contributed by atoms with Crippen LogP contribution in [0, 0.1) is 5.92 Å². The first-order valence-electron chi connectivity index (χ1n) is 6.66. The van der Waals surface area contributed by atoms with Crippen molar-refractivity contribution >= 4 is 11.8 Å². The van der Waals surface area contributed by atoms with Crippen LogP contribution in [0.4, 0.5) is 0 Å². The third kappa shape index (κ3) is 3.14. The van der Waals surface area contributed by atoms with E-state index in [9.17, 15) is 0 Å². The van der Waals surface area contributed by atoms with Gasteiger partial charge in [-0.25, -0.2) is 0 Å². The van der Waals surface area contributed by atoms with Crippen LogP contribution in [0.1, 0.15) is 32.6 Å². The van der Waals surface area contributed by atoms with Crippen molar-refractivity contribution in [3.8, 4) is 0 Å². The molecule has 2 rings (SSSR count). The van der Waals surface area contributed by atoms with Crippen LogP contribution >= 0.6 is 11.8 Å². The molecule has 0 radical (unpaired) electrons. The Hall–Kier alpha value is 0.270. The van der Waals surface area contributed by atoms with Crippen molar-refractivity contribution in [1.29, 1.82) is 0 Å². The molecule has 1 N–H and O–H groups in total. The minimum absolute atomic E-state index is 0.726. The van der Waals surface area contributed by atoms with Crippen LogP contribution in [-0.2, 0) is 0 Å². The highest BCUT2D eigenvalue weighted by Crippen LogP contribution is 2.33. The average molecular weight is 242 g/mol. The van der Waals surface area contributed by atoms with Crippen LogP contribution in [0.25, 0.3) is 0 Å². The SMILES string of the molecule is CSCC(C)N(C)C1CCC1CNC1CC1. The summed E-state index contributed by atoms with van der Waals surface area (Å²) >= 11 is 1.96. The number of nitrogens with zero attached hydrogens (tertiary/aromatic N) is 1. The van der Waals surface area contributed by atoms with Crippen LogP contribution in [-0.4, -0.2) is 48.6 Å². The highest BCUT2D eigenvalue weighted by atomic mass is 32.2.